The van der Waals surface area contributed by atoms with Gasteiger partial charge in [-0.25, -0.2) is 0 Å². The number of hydrogen-bond acceptors (Lipinski definition) is 3. The highest BCUT2D eigenvalue weighted by molar-refractivity contribution is 5.66. The van der Waals surface area contributed by atoms with E-state index in [0.29, 0.717) is 12.3 Å². The van der Waals surface area contributed by atoms with Gasteiger partial charge in [-0.3, -0.25) is 14.4 Å². The Morgan fingerprint density at radius 3 is 3.12 bits per heavy atom. The van der Waals surface area contributed by atoms with Crippen LogP contribution < -0.4 is 0 Å². The lowest BCUT2D eigenvalue weighted by Gasteiger charge is -2.15. The summed E-state index contributed by atoms with van der Waals surface area (Å²) >= 11 is 0. The number of aliphatic carboxylic acids is 1. The Kier molecular flexibility index (Phi) is 3.78. The Morgan fingerprint density at radius 2 is 2.47 bits per heavy atom. The van der Waals surface area contributed by atoms with Crippen molar-refractivity contribution in [2.75, 3.05) is 13.1 Å². The van der Waals surface area contributed by atoms with Crippen LogP contribution in [0.15, 0.2) is 12.3 Å². The third kappa shape index (κ3) is 3.30. The number of hydrogen-bond donors (Lipinski definition) is 1. The minimum atomic E-state index is -0.685. The molecule has 2 heterocycles. The van der Waals surface area contributed by atoms with Crippen LogP contribution in [0.2, 0.25) is 0 Å². The highest BCUT2D eigenvalue weighted by atomic mass is 16.4. The molecule has 0 bridgehead atoms. The molecule has 2 rings (SSSR count). The van der Waals surface area contributed by atoms with Crippen LogP contribution in [0.1, 0.15) is 25.0 Å². The van der Waals surface area contributed by atoms with Crippen molar-refractivity contribution in [2.24, 2.45) is 13.0 Å². The second-order valence-electron chi connectivity index (χ2n) is 4.77. The molecule has 0 spiro atoms. The maximum absolute atomic E-state index is 10.5. The number of carbonyl (C=O) groups is 1. The summed E-state index contributed by atoms with van der Waals surface area (Å²) in [6.07, 6.45) is 4.03. The highest BCUT2D eigenvalue weighted by Crippen LogP contribution is 2.22. The zero-order valence-electron chi connectivity index (χ0n) is 10.2. The van der Waals surface area contributed by atoms with Crippen molar-refractivity contribution >= 4 is 5.97 Å². The van der Waals surface area contributed by atoms with Gasteiger partial charge in [-0.05, 0) is 31.4 Å². The SMILES string of the molecule is Cn1nccc1CN1CCC(CCC(=O)O)C1. The molecule has 1 atom stereocenters. The molecular weight excluding hydrogens is 218 g/mol. The van der Waals surface area contributed by atoms with Gasteiger partial charge in [0, 0.05) is 32.8 Å². The first-order valence-corrected chi connectivity index (χ1v) is 6.06. The normalized spacial score (nSPS) is 20.9. The molecule has 1 aliphatic heterocycles. The number of aromatic nitrogens is 2. The summed E-state index contributed by atoms with van der Waals surface area (Å²) in [5, 5.41) is 12.8. The van der Waals surface area contributed by atoms with Gasteiger partial charge in [0.2, 0.25) is 0 Å². The van der Waals surface area contributed by atoms with Gasteiger partial charge in [-0.2, -0.15) is 5.10 Å². The Bertz CT molecular complexity index is 389. The topological polar surface area (TPSA) is 58.4 Å². The highest BCUT2D eigenvalue weighted by Gasteiger charge is 2.23. The van der Waals surface area contributed by atoms with Crippen molar-refractivity contribution in [3.05, 3.63) is 18.0 Å². The van der Waals surface area contributed by atoms with Crippen LogP contribution in [0.5, 0.6) is 0 Å². The second kappa shape index (κ2) is 5.31. The Morgan fingerprint density at radius 1 is 1.65 bits per heavy atom. The quantitative estimate of drug-likeness (QED) is 0.833. The lowest BCUT2D eigenvalue weighted by Crippen LogP contribution is -2.21. The van der Waals surface area contributed by atoms with Crippen molar-refractivity contribution in [1.82, 2.24) is 14.7 Å². The molecule has 1 N–H and O–H groups in total. The second-order valence-corrected chi connectivity index (χ2v) is 4.77. The van der Waals surface area contributed by atoms with E-state index in [9.17, 15) is 4.79 Å². The van der Waals surface area contributed by atoms with Gasteiger partial charge >= 0.3 is 5.97 Å². The van der Waals surface area contributed by atoms with E-state index in [1.807, 2.05) is 24.0 Å². The van der Waals surface area contributed by atoms with Gasteiger partial charge < -0.3 is 5.11 Å². The van der Waals surface area contributed by atoms with Gasteiger partial charge in [0.15, 0.2) is 0 Å². The van der Waals surface area contributed by atoms with Gasteiger partial charge in [-0.1, -0.05) is 0 Å². The van der Waals surface area contributed by atoms with Crippen LogP contribution in [-0.4, -0.2) is 38.8 Å². The van der Waals surface area contributed by atoms with Gasteiger partial charge in [0.1, 0.15) is 0 Å². The number of carboxylic acid groups (broad SMARTS) is 1. The first kappa shape index (κ1) is 12.1. The summed E-state index contributed by atoms with van der Waals surface area (Å²) < 4.78 is 1.89. The van der Waals surface area contributed by atoms with Crippen molar-refractivity contribution < 1.29 is 9.90 Å². The molecule has 17 heavy (non-hydrogen) atoms. The summed E-state index contributed by atoms with van der Waals surface area (Å²) in [5.74, 6) is -0.144. The number of nitrogens with zero attached hydrogens (tertiary/aromatic N) is 3. The lowest BCUT2D eigenvalue weighted by molar-refractivity contribution is -0.137. The predicted octanol–water partition coefficient (Wildman–Crippen LogP) is 1.11. The van der Waals surface area contributed by atoms with E-state index in [1.165, 1.54) is 5.69 Å². The van der Waals surface area contributed by atoms with E-state index < -0.39 is 5.97 Å². The zero-order valence-corrected chi connectivity index (χ0v) is 10.2. The van der Waals surface area contributed by atoms with Crippen LogP contribution in [-0.2, 0) is 18.4 Å². The van der Waals surface area contributed by atoms with Gasteiger partial charge in [-0.15, -0.1) is 0 Å². The lowest BCUT2D eigenvalue weighted by atomic mass is 10.0. The smallest absolute Gasteiger partial charge is 0.303 e. The van der Waals surface area contributed by atoms with E-state index in [0.717, 1.165) is 32.5 Å². The Hall–Kier alpha value is -1.36. The number of carboxylic acids is 1. The van der Waals surface area contributed by atoms with Crippen molar-refractivity contribution in [3.63, 3.8) is 0 Å². The fourth-order valence-corrected chi connectivity index (χ4v) is 2.41. The van der Waals surface area contributed by atoms with Crippen LogP contribution in [0, 0.1) is 5.92 Å². The summed E-state index contributed by atoms with van der Waals surface area (Å²) in [7, 11) is 1.95. The van der Waals surface area contributed by atoms with Crippen LogP contribution in [0.3, 0.4) is 0 Å². The fraction of sp³-hybridized carbons (Fsp3) is 0.667. The molecule has 0 saturated carbocycles. The number of rotatable bonds is 5. The fourth-order valence-electron chi connectivity index (χ4n) is 2.41. The monoisotopic (exact) mass is 237 g/mol. The molecule has 0 aliphatic carbocycles. The van der Waals surface area contributed by atoms with Crippen LogP contribution in [0.4, 0.5) is 0 Å². The average Bonchev–Trinajstić information content (AvgIpc) is 2.87. The van der Waals surface area contributed by atoms with Crippen molar-refractivity contribution in [1.29, 1.82) is 0 Å². The van der Waals surface area contributed by atoms with Crippen molar-refractivity contribution in [3.8, 4) is 0 Å². The largest absolute Gasteiger partial charge is 0.481 e. The van der Waals surface area contributed by atoms with Crippen LogP contribution >= 0.6 is 0 Å². The maximum atomic E-state index is 10.5. The third-order valence-electron chi connectivity index (χ3n) is 3.44. The molecule has 94 valence electrons. The van der Waals surface area contributed by atoms with Gasteiger partial charge in [0.05, 0.1) is 5.69 Å². The molecule has 5 heteroatoms. The Balaban J connectivity index is 1.78. The first-order chi connectivity index (χ1) is 8.15. The summed E-state index contributed by atoms with van der Waals surface area (Å²) in [4.78, 5) is 12.9. The van der Waals surface area contributed by atoms with E-state index in [-0.39, 0.29) is 0 Å². The zero-order chi connectivity index (χ0) is 12.3. The molecule has 1 unspecified atom stereocenters. The van der Waals surface area contributed by atoms with E-state index in [1.54, 1.807) is 0 Å². The predicted molar refractivity (Wildman–Crippen MR) is 63.5 cm³/mol. The first-order valence-electron chi connectivity index (χ1n) is 6.06. The maximum Gasteiger partial charge on any atom is 0.303 e. The molecule has 1 saturated heterocycles. The third-order valence-corrected chi connectivity index (χ3v) is 3.44. The number of aryl methyl sites for hydroxylation is 1. The van der Waals surface area contributed by atoms with Crippen molar-refractivity contribution in [2.45, 2.75) is 25.8 Å². The molecular formula is C12H19N3O2. The van der Waals surface area contributed by atoms with Gasteiger partial charge in [0.25, 0.3) is 0 Å². The van der Waals surface area contributed by atoms with Crippen LogP contribution in [0.25, 0.3) is 0 Å². The molecule has 0 aromatic carbocycles. The summed E-state index contributed by atoms with van der Waals surface area (Å²) in [5.41, 5.74) is 1.21. The Labute approximate surface area is 101 Å². The van der Waals surface area contributed by atoms with E-state index in [4.69, 9.17) is 5.11 Å². The molecule has 0 amide bonds. The minimum absolute atomic E-state index is 0.296. The minimum Gasteiger partial charge on any atom is -0.481 e. The van der Waals surface area contributed by atoms with E-state index in [2.05, 4.69) is 10.00 Å². The standard InChI is InChI=1S/C12H19N3O2/c1-14-11(4-6-13-14)9-15-7-5-10(8-15)2-3-12(16)17/h4,6,10H,2-3,5,7-9H2,1H3,(H,16,17). The number of likely N-dealkylation sites (tertiary alicyclic amines) is 1. The molecule has 1 aliphatic rings. The van der Waals surface area contributed by atoms with E-state index >= 15 is 0 Å². The molecule has 1 aromatic rings. The molecule has 1 fully saturated rings. The molecule has 5 nitrogen and oxygen atoms in total. The summed E-state index contributed by atoms with van der Waals surface area (Å²) in [6, 6.07) is 2.03. The average molecular weight is 237 g/mol. The summed E-state index contributed by atoms with van der Waals surface area (Å²) in [6.45, 7) is 2.99. The molecule has 1 aromatic heterocycles. The molecule has 0 radical (unpaired) electrons.